The average molecular weight is 574 g/mol. The Morgan fingerprint density at radius 1 is 0.675 bits per heavy atom. The molecule has 0 heterocycles. The number of nitrogens with one attached hydrogen (secondary N) is 3. The minimum absolute atomic E-state index is 0.0163. The molecule has 1 unspecified atom stereocenters. The number of carbonyl (C=O) groups is 4. The molecule has 0 aliphatic carbocycles. The van der Waals surface area contributed by atoms with Gasteiger partial charge in [-0.25, -0.2) is 0 Å². The van der Waals surface area contributed by atoms with Crippen molar-refractivity contribution in [1.82, 2.24) is 10.6 Å². The van der Waals surface area contributed by atoms with Crippen LogP contribution < -0.4 is 16.0 Å². The number of amides is 3. The highest BCUT2D eigenvalue weighted by Crippen LogP contribution is 2.32. The van der Waals surface area contributed by atoms with Gasteiger partial charge in [0.25, 0.3) is 17.7 Å². The third kappa shape index (κ3) is 12.4. The number of ether oxygens (including phenoxy) is 1. The molecule has 0 saturated heterocycles. The van der Waals surface area contributed by atoms with Gasteiger partial charge in [0, 0.05) is 23.7 Å². The number of aliphatic hydroxyl groups excluding tert-OH is 4. The van der Waals surface area contributed by atoms with Gasteiger partial charge in [0.05, 0.1) is 38.5 Å². The van der Waals surface area contributed by atoms with E-state index in [1.54, 1.807) is 13.8 Å². The minimum Gasteiger partial charge on any atom is -0.453 e. The standard InChI is InChI=1S/C22H33N3O9.3C2H6/c1-10-17(21(32)23-15(6-26)7-27)11(2)19(25-20(31)13(4)34-14(5)30)12(3)18(10)22(33)24-16(8-28)9-29;3*1-2/h13,15-16,26-29H,6-9H2,1-5H3,(H,23,32)(H,24,33)(H,25,31);3*1-2H3. The molecule has 232 valence electrons. The molecular formula is C28H51N3O9. The summed E-state index contributed by atoms with van der Waals surface area (Å²) >= 11 is 0. The molecule has 1 rings (SSSR count). The number of rotatable bonds is 11. The van der Waals surface area contributed by atoms with Gasteiger partial charge in [-0.15, -0.1) is 0 Å². The second-order valence-electron chi connectivity index (χ2n) is 7.81. The lowest BCUT2D eigenvalue weighted by atomic mass is 9.89. The summed E-state index contributed by atoms with van der Waals surface area (Å²) in [6.45, 7) is 17.0. The summed E-state index contributed by atoms with van der Waals surface area (Å²) in [5, 5.41) is 44.8. The van der Waals surface area contributed by atoms with Gasteiger partial charge in [-0.2, -0.15) is 0 Å². The molecule has 0 spiro atoms. The minimum atomic E-state index is -1.16. The number of carbonyl (C=O) groups excluding carboxylic acids is 4. The Morgan fingerprint density at radius 3 is 1.27 bits per heavy atom. The van der Waals surface area contributed by atoms with Crippen LogP contribution in [0, 0.1) is 20.8 Å². The summed E-state index contributed by atoms with van der Waals surface area (Å²) in [4.78, 5) is 49.9. The monoisotopic (exact) mass is 573 g/mol. The Hall–Kier alpha value is -3.06. The van der Waals surface area contributed by atoms with Crippen molar-refractivity contribution in [3.8, 4) is 0 Å². The van der Waals surface area contributed by atoms with Crippen LogP contribution in [0.2, 0.25) is 0 Å². The second-order valence-corrected chi connectivity index (χ2v) is 7.81. The van der Waals surface area contributed by atoms with Crippen molar-refractivity contribution in [1.29, 1.82) is 0 Å². The zero-order valence-corrected chi connectivity index (χ0v) is 25.9. The molecule has 12 heteroatoms. The number of anilines is 1. The summed E-state index contributed by atoms with van der Waals surface area (Å²) < 4.78 is 4.89. The SMILES string of the molecule is CC.CC.CC.CC(=O)OC(C)C(=O)Nc1c(C)c(C(=O)NC(CO)CO)c(C)c(C(=O)NC(CO)CO)c1C. The van der Waals surface area contributed by atoms with Gasteiger partial charge < -0.3 is 41.1 Å². The van der Waals surface area contributed by atoms with E-state index in [1.807, 2.05) is 41.5 Å². The van der Waals surface area contributed by atoms with E-state index in [0.29, 0.717) is 11.1 Å². The Balaban J connectivity index is -0.00000213. The molecule has 0 aliphatic rings. The molecule has 40 heavy (non-hydrogen) atoms. The quantitative estimate of drug-likeness (QED) is 0.193. The van der Waals surface area contributed by atoms with E-state index in [9.17, 15) is 39.6 Å². The molecule has 0 aromatic heterocycles. The second kappa shape index (κ2) is 22.7. The molecule has 0 saturated carbocycles. The van der Waals surface area contributed by atoms with Crippen LogP contribution in [-0.2, 0) is 14.3 Å². The van der Waals surface area contributed by atoms with Crippen molar-refractivity contribution in [2.75, 3.05) is 31.7 Å². The zero-order chi connectivity index (χ0) is 32.2. The first-order valence-electron chi connectivity index (χ1n) is 13.6. The van der Waals surface area contributed by atoms with E-state index in [2.05, 4.69) is 16.0 Å². The average Bonchev–Trinajstić information content (AvgIpc) is 2.95. The van der Waals surface area contributed by atoms with Gasteiger partial charge in [-0.1, -0.05) is 41.5 Å². The normalized spacial score (nSPS) is 10.5. The first kappa shape index (κ1) is 41.4. The molecule has 0 aliphatic heterocycles. The first-order chi connectivity index (χ1) is 18.9. The molecule has 1 aromatic rings. The Kier molecular flexibility index (Phi) is 23.5. The maximum absolute atomic E-state index is 13.0. The van der Waals surface area contributed by atoms with E-state index < -0.39 is 68.3 Å². The maximum Gasteiger partial charge on any atom is 0.303 e. The van der Waals surface area contributed by atoms with Crippen molar-refractivity contribution < 1.29 is 44.3 Å². The number of aliphatic hydroxyl groups is 4. The van der Waals surface area contributed by atoms with Crippen LogP contribution in [-0.4, -0.2) is 88.7 Å². The molecule has 0 radical (unpaired) electrons. The van der Waals surface area contributed by atoms with Crippen LogP contribution in [0.1, 0.15) is 92.8 Å². The van der Waals surface area contributed by atoms with Gasteiger partial charge in [-0.3, -0.25) is 19.2 Å². The topological polar surface area (TPSA) is 195 Å². The lowest BCUT2D eigenvalue weighted by molar-refractivity contribution is -0.150. The summed E-state index contributed by atoms with van der Waals surface area (Å²) in [6, 6.07) is -1.92. The van der Waals surface area contributed by atoms with Crippen LogP contribution in [0.4, 0.5) is 5.69 Å². The Bertz CT molecular complexity index is 875. The summed E-state index contributed by atoms with van der Waals surface area (Å²) in [5.74, 6) is -2.78. The van der Waals surface area contributed by atoms with Crippen LogP contribution >= 0.6 is 0 Å². The van der Waals surface area contributed by atoms with Crippen LogP contribution in [0.15, 0.2) is 0 Å². The summed E-state index contributed by atoms with van der Waals surface area (Å²) in [7, 11) is 0. The van der Waals surface area contributed by atoms with Gasteiger partial charge in [0.1, 0.15) is 0 Å². The maximum atomic E-state index is 13.0. The van der Waals surface area contributed by atoms with Crippen LogP contribution in [0.25, 0.3) is 0 Å². The predicted molar refractivity (Wildman–Crippen MR) is 155 cm³/mol. The molecule has 1 atom stereocenters. The molecule has 1 aromatic carbocycles. The van der Waals surface area contributed by atoms with Crippen molar-refractivity contribution in [3.05, 3.63) is 27.8 Å². The molecule has 7 N–H and O–H groups in total. The lowest BCUT2D eigenvalue weighted by Crippen LogP contribution is -2.42. The highest BCUT2D eigenvalue weighted by atomic mass is 16.5. The highest BCUT2D eigenvalue weighted by molar-refractivity contribution is 6.08. The van der Waals surface area contributed by atoms with Gasteiger partial charge in [-0.05, 0) is 44.4 Å². The summed E-state index contributed by atoms with van der Waals surface area (Å²) in [5.41, 5.74) is 0.982. The van der Waals surface area contributed by atoms with Crippen molar-refractivity contribution in [2.45, 2.75) is 94.3 Å². The molecular weight excluding hydrogens is 522 g/mol. The van der Waals surface area contributed by atoms with Crippen molar-refractivity contribution in [3.63, 3.8) is 0 Å². The van der Waals surface area contributed by atoms with E-state index in [1.165, 1.54) is 13.8 Å². The molecule has 0 fully saturated rings. The highest BCUT2D eigenvalue weighted by Gasteiger charge is 2.28. The fourth-order valence-electron chi connectivity index (χ4n) is 3.43. The lowest BCUT2D eigenvalue weighted by Gasteiger charge is -2.24. The number of hydrogen-bond acceptors (Lipinski definition) is 9. The Labute approximate surface area is 238 Å². The third-order valence-electron chi connectivity index (χ3n) is 5.22. The van der Waals surface area contributed by atoms with Gasteiger partial charge in [0.15, 0.2) is 6.10 Å². The van der Waals surface area contributed by atoms with E-state index in [0.717, 1.165) is 6.92 Å². The smallest absolute Gasteiger partial charge is 0.303 e. The first-order valence-corrected chi connectivity index (χ1v) is 13.6. The van der Waals surface area contributed by atoms with Gasteiger partial charge in [0.2, 0.25) is 0 Å². The molecule has 0 bridgehead atoms. The zero-order valence-electron chi connectivity index (χ0n) is 25.9. The summed E-state index contributed by atoms with van der Waals surface area (Å²) in [6.07, 6.45) is -1.16. The molecule has 12 nitrogen and oxygen atoms in total. The fourth-order valence-corrected chi connectivity index (χ4v) is 3.43. The number of esters is 1. The van der Waals surface area contributed by atoms with E-state index >= 15 is 0 Å². The van der Waals surface area contributed by atoms with E-state index in [4.69, 9.17) is 4.74 Å². The van der Waals surface area contributed by atoms with Crippen molar-refractivity contribution >= 4 is 29.4 Å². The van der Waals surface area contributed by atoms with Crippen molar-refractivity contribution in [2.24, 2.45) is 0 Å². The Morgan fingerprint density at radius 2 is 1.00 bits per heavy atom. The number of benzene rings is 1. The molecule has 3 amide bonds. The fraction of sp³-hybridized carbons (Fsp3) is 0.643. The predicted octanol–water partition coefficient (Wildman–Crippen LogP) is 1.75. The van der Waals surface area contributed by atoms with Crippen LogP contribution in [0.5, 0.6) is 0 Å². The van der Waals surface area contributed by atoms with Gasteiger partial charge >= 0.3 is 5.97 Å². The largest absolute Gasteiger partial charge is 0.453 e. The third-order valence-corrected chi connectivity index (χ3v) is 5.22. The van der Waals surface area contributed by atoms with Crippen LogP contribution in [0.3, 0.4) is 0 Å². The number of hydrogen-bond donors (Lipinski definition) is 7. The van der Waals surface area contributed by atoms with E-state index in [-0.39, 0.29) is 22.4 Å².